The van der Waals surface area contributed by atoms with Crippen molar-refractivity contribution in [3.05, 3.63) is 59.4 Å². The summed E-state index contributed by atoms with van der Waals surface area (Å²) in [6, 6.07) is 14.6. The molecular formula is C24H27FN4O2. The van der Waals surface area contributed by atoms with Gasteiger partial charge in [0.25, 0.3) is 5.91 Å². The number of piperidine rings is 1. The molecule has 3 unspecified atom stereocenters. The third-order valence-electron chi connectivity index (χ3n) is 5.86. The lowest BCUT2D eigenvalue weighted by molar-refractivity contribution is -0.123. The van der Waals surface area contributed by atoms with Crippen molar-refractivity contribution in [2.75, 3.05) is 13.6 Å². The zero-order chi connectivity index (χ0) is 22.4. The van der Waals surface area contributed by atoms with Gasteiger partial charge >= 0.3 is 0 Å². The normalized spacial score (nSPS) is 20.9. The van der Waals surface area contributed by atoms with Crippen molar-refractivity contribution in [2.45, 2.75) is 38.3 Å². The Morgan fingerprint density at radius 2 is 1.87 bits per heavy atom. The lowest BCUT2D eigenvalue weighted by Gasteiger charge is -2.21. The van der Waals surface area contributed by atoms with Gasteiger partial charge in [-0.1, -0.05) is 24.3 Å². The second-order valence-corrected chi connectivity index (χ2v) is 7.91. The van der Waals surface area contributed by atoms with Crippen LogP contribution in [-0.4, -0.2) is 37.5 Å². The van der Waals surface area contributed by atoms with E-state index in [-0.39, 0.29) is 30.2 Å². The molecule has 3 N–H and O–H groups in total. The van der Waals surface area contributed by atoms with E-state index in [0.29, 0.717) is 23.1 Å². The van der Waals surface area contributed by atoms with Gasteiger partial charge in [0.05, 0.1) is 12.1 Å². The maximum absolute atomic E-state index is 13.5. The van der Waals surface area contributed by atoms with E-state index < -0.39 is 0 Å². The summed E-state index contributed by atoms with van der Waals surface area (Å²) in [6.45, 7) is 1.85. The van der Waals surface area contributed by atoms with Gasteiger partial charge in [-0.2, -0.15) is 5.26 Å². The molecule has 2 bridgehead atoms. The van der Waals surface area contributed by atoms with Crippen LogP contribution in [-0.2, 0) is 4.79 Å². The molecular weight excluding hydrogens is 395 g/mol. The Kier molecular flexibility index (Phi) is 7.37. The summed E-state index contributed by atoms with van der Waals surface area (Å²) < 4.78 is 13.5. The van der Waals surface area contributed by atoms with Crippen molar-refractivity contribution >= 4 is 11.8 Å². The highest BCUT2D eigenvalue weighted by Gasteiger charge is 2.42. The highest BCUT2D eigenvalue weighted by molar-refractivity contribution is 5.94. The van der Waals surface area contributed by atoms with Gasteiger partial charge in [-0.05, 0) is 67.0 Å². The highest BCUT2D eigenvalue weighted by Crippen LogP contribution is 2.35. The fourth-order valence-electron chi connectivity index (χ4n) is 4.12. The minimum absolute atomic E-state index is 0.00579. The lowest BCUT2D eigenvalue weighted by atomic mass is 9.99. The van der Waals surface area contributed by atoms with E-state index >= 15 is 0 Å². The number of rotatable bonds is 4. The van der Waals surface area contributed by atoms with Crippen molar-refractivity contribution in [1.82, 2.24) is 16.0 Å². The molecule has 0 spiro atoms. The number of carbonyl (C=O) groups excluding carboxylic acids is 2. The number of amides is 2. The molecule has 31 heavy (non-hydrogen) atoms. The fraction of sp³-hybridized carbons (Fsp3) is 0.375. The van der Waals surface area contributed by atoms with Crippen LogP contribution in [0.15, 0.2) is 42.5 Å². The van der Waals surface area contributed by atoms with Crippen LogP contribution in [0.5, 0.6) is 0 Å². The molecule has 2 amide bonds. The standard InChI is InChI=1S/C15H14FNO.C9H13N3O/c1-10-3-4-13(9-14(10)16)11-5-7-12(8-6-11)15(18)17-2;10-3-4-11-9(13)8-6-1-2-7(5-6)12-8/h3-9H,1-2H3,(H,17,18);6-8,12H,1-2,4-5H2,(H,11,13). The largest absolute Gasteiger partial charge is 0.355 e. The van der Waals surface area contributed by atoms with Crippen LogP contribution in [0.3, 0.4) is 0 Å². The zero-order valence-corrected chi connectivity index (χ0v) is 17.7. The minimum atomic E-state index is -0.220. The molecule has 2 aliphatic rings. The molecule has 4 rings (SSSR count). The van der Waals surface area contributed by atoms with Gasteiger partial charge in [-0.25, -0.2) is 4.39 Å². The zero-order valence-electron chi connectivity index (χ0n) is 17.7. The first-order valence-corrected chi connectivity index (χ1v) is 10.4. The Balaban J connectivity index is 0.000000185. The molecule has 1 aliphatic carbocycles. The van der Waals surface area contributed by atoms with Gasteiger partial charge < -0.3 is 16.0 Å². The van der Waals surface area contributed by atoms with E-state index in [1.165, 1.54) is 12.5 Å². The third-order valence-corrected chi connectivity index (χ3v) is 5.86. The summed E-state index contributed by atoms with van der Waals surface area (Å²) in [5.74, 6) is 0.150. The smallest absolute Gasteiger partial charge is 0.251 e. The number of nitriles is 1. The van der Waals surface area contributed by atoms with Gasteiger partial charge in [0.1, 0.15) is 12.4 Å². The Labute approximate surface area is 181 Å². The molecule has 0 radical (unpaired) electrons. The summed E-state index contributed by atoms with van der Waals surface area (Å²) >= 11 is 0. The summed E-state index contributed by atoms with van der Waals surface area (Å²) in [4.78, 5) is 22.9. The van der Waals surface area contributed by atoms with Crippen molar-refractivity contribution in [3.63, 3.8) is 0 Å². The molecule has 3 atom stereocenters. The molecule has 7 heteroatoms. The number of nitrogens with zero attached hydrogens (tertiary/aromatic N) is 1. The molecule has 6 nitrogen and oxygen atoms in total. The number of halogens is 1. The SMILES string of the molecule is CNC(=O)c1ccc(-c2ccc(C)c(F)c2)cc1.N#CCNC(=O)C1NC2CCC1C2. The van der Waals surface area contributed by atoms with Gasteiger partial charge in [0.15, 0.2) is 0 Å². The predicted octanol–water partition coefficient (Wildman–Crippen LogP) is 2.93. The van der Waals surface area contributed by atoms with E-state index in [2.05, 4.69) is 16.0 Å². The highest BCUT2D eigenvalue weighted by atomic mass is 19.1. The second-order valence-electron chi connectivity index (χ2n) is 7.91. The molecule has 0 aromatic heterocycles. The molecule has 1 saturated heterocycles. The number of carbonyl (C=O) groups is 2. The van der Waals surface area contributed by atoms with Crippen LogP contribution in [0.1, 0.15) is 35.2 Å². The molecule has 2 fully saturated rings. The van der Waals surface area contributed by atoms with E-state index in [9.17, 15) is 14.0 Å². The Morgan fingerprint density at radius 1 is 1.16 bits per heavy atom. The Morgan fingerprint density at radius 3 is 2.42 bits per heavy atom. The third kappa shape index (κ3) is 5.47. The summed E-state index contributed by atoms with van der Waals surface area (Å²) in [6.07, 6.45) is 3.49. The van der Waals surface area contributed by atoms with Gasteiger partial charge in [0.2, 0.25) is 5.91 Å². The Bertz CT molecular complexity index is 984. The van der Waals surface area contributed by atoms with Crippen LogP contribution < -0.4 is 16.0 Å². The summed E-state index contributed by atoms with van der Waals surface area (Å²) in [5.41, 5.74) is 2.91. The van der Waals surface area contributed by atoms with Crippen molar-refractivity contribution in [3.8, 4) is 17.2 Å². The number of hydrogen-bond donors (Lipinski definition) is 3. The number of benzene rings is 2. The molecule has 2 aromatic rings. The average molecular weight is 423 g/mol. The summed E-state index contributed by atoms with van der Waals surface area (Å²) in [7, 11) is 1.59. The first-order chi connectivity index (χ1) is 14.9. The van der Waals surface area contributed by atoms with E-state index in [0.717, 1.165) is 24.0 Å². The molecule has 162 valence electrons. The average Bonchev–Trinajstić information content (AvgIpc) is 3.43. The predicted molar refractivity (Wildman–Crippen MR) is 117 cm³/mol. The van der Waals surface area contributed by atoms with Crippen LogP contribution >= 0.6 is 0 Å². The van der Waals surface area contributed by atoms with Gasteiger partial charge in [0, 0.05) is 18.7 Å². The van der Waals surface area contributed by atoms with E-state index in [4.69, 9.17) is 5.26 Å². The van der Waals surface area contributed by atoms with Crippen molar-refractivity contribution in [1.29, 1.82) is 5.26 Å². The molecule has 1 aliphatic heterocycles. The molecule has 2 aromatic carbocycles. The van der Waals surface area contributed by atoms with Crippen molar-refractivity contribution in [2.24, 2.45) is 5.92 Å². The topological polar surface area (TPSA) is 94.0 Å². The lowest BCUT2D eigenvalue weighted by Crippen LogP contribution is -2.47. The monoisotopic (exact) mass is 422 g/mol. The van der Waals surface area contributed by atoms with Crippen LogP contribution in [0.25, 0.3) is 11.1 Å². The van der Waals surface area contributed by atoms with Crippen LogP contribution in [0, 0.1) is 30.0 Å². The second kappa shape index (κ2) is 10.2. The van der Waals surface area contributed by atoms with Gasteiger partial charge in [-0.15, -0.1) is 0 Å². The Hall–Kier alpha value is -3.24. The number of fused-ring (bicyclic) bond motifs is 2. The number of aryl methyl sites for hydroxylation is 1. The summed E-state index contributed by atoms with van der Waals surface area (Å²) in [5, 5.41) is 16.7. The van der Waals surface area contributed by atoms with Gasteiger partial charge in [-0.3, -0.25) is 9.59 Å². The maximum Gasteiger partial charge on any atom is 0.251 e. The minimum Gasteiger partial charge on any atom is -0.355 e. The molecule has 1 saturated carbocycles. The maximum atomic E-state index is 13.5. The van der Waals surface area contributed by atoms with Crippen LogP contribution in [0.2, 0.25) is 0 Å². The van der Waals surface area contributed by atoms with E-state index in [1.54, 1.807) is 32.2 Å². The quantitative estimate of drug-likeness (QED) is 0.661. The fourth-order valence-corrected chi connectivity index (χ4v) is 4.12. The first-order valence-electron chi connectivity index (χ1n) is 10.4. The number of nitrogens with one attached hydrogen (secondary N) is 3. The van der Waals surface area contributed by atoms with Crippen molar-refractivity contribution < 1.29 is 14.0 Å². The van der Waals surface area contributed by atoms with Crippen LogP contribution in [0.4, 0.5) is 4.39 Å². The molecule has 1 heterocycles. The first kappa shape index (κ1) is 22.4. The number of hydrogen-bond acceptors (Lipinski definition) is 4. The van der Waals surface area contributed by atoms with E-state index in [1.807, 2.05) is 24.3 Å².